The molecule has 64 heavy (non-hydrogen) atoms. The van der Waals surface area contributed by atoms with E-state index in [0.717, 1.165) is 78.0 Å². The van der Waals surface area contributed by atoms with E-state index in [0.29, 0.717) is 11.4 Å². The molecule has 9 rings (SSSR count). The molecule has 0 spiro atoms. The van der Waals surface area contributed by atoms with Crippen molar-refractivity contribution < 1.29 is 27.5 Å². The number of imidazole rings is 1. The minimum absolute atomic E-state index is 0. The van der Waals surface area contributed by atoms with Gasteiger partial charge >= 0.3 is 0 Å². The summed E-state index contributed by atoms with van der Waals surface area (Å²) in [5.74, 6) is 0.129. The molecule has 0 saturated heterocycles. The maximum absolute atomic E-state index is 11.5. The zero-order valence-electron chi connectivity index (χ0n) is 38.8. The monoisotopic (exact) mass is 1020 g/mol. The van der Waals surface area contributed by atoms with Crippen molar-refractivity contribution in [2.75, 3.05) is 0 Å². The smallest absolute Gasteiger partial charge is 0.148 e. The molecule has 2 heterocycles. The number of hydrogen-bond acceptors (Lipinski definition) is 3. The summed E-state index contributed by atoms with van der Waals surface area (Å²) in [7, 11) is 0. The van der Waals surface area contributed by atoms with E-state index in [2.05, 4.69) is 167 Å². The third-order valence-corrected chi connectivity index (χ3v) is 12.1. The maximum atomic E-state index is 11.5. The zero-order chi connectivity index (χ0) is 45.0. The number of fused-ring (bicyclic) bond motifs is 1. The fraction of sp³-hybridized carbons (Fsp3) is 0.186. The molecular weight excluding hydrogens is 962 g/mol. The Hall–Kier alpha value is -6.35. The van der Waals surface area contributed by atoms with Crippen LogP contribution in [0.5, 0.6) is 5.75 Å². The van der Waals surface area contributed by atoms with Crippen LogP contribution < -0.4 is 0 Å². The minimum Gasteiger partial charge on any atom is -0.507 e. The summed E-state index contributed by atoms with van der Waals surface area (Å²) in [4.78, 5) is 10.4. The van der Waals surface area contributed by atoms with Gasteiger partial charge in [-0.05, 0) is 86.0 Å². The predicted octanol–water partition coefficient (Wildman–Crippen LogP) is 15.6. The topological polar surface area (TPSA) is 50.9 Å². The quantitative estimate of drug-likeness (QED) is 0.154. The third-order valence-electron chi connectivity index (χ3n) is 12.1. The van der Waals surface area contributed by atoms with Gasteiger partial charge in [0, 0.05) is 39.9 Å². The van der Waals surface area contributed by atoms with Gasteiger partial charge in [-0.25, -0.2) is 4.98 Å². The second-order valence-electron chi connectivity index (χ2n) is 18.8. The molecule has 7 aromatic carbocycles. The van der Waals surface area contributed by atoms with Crippen LogP contribution in [0.4, 0.5) is 0 Å². The van der Waals surface area contributed by atoms with Crippen LogP contribution in [-0.4, -0.2) is 19.6 Å². The first-order chi connectivity index (χ1) is 30.5. The van der Waals surface area contributed by atoms with Crippen LogP contribution in [0.15, 0.2) is 170 Å². The first-order valence-electron chi connectivity index (χ1n) is 22.3. The van der Waals surface area contributed by atoms with E-state index in [9.17, 15) is 5.11 Å². The van der Waals surface area contributed by atoms with Crippen LogP contribution in [0, 0.1) is 6.07 Å². The molecule has 0 aliphatic rings. The van der Waals surface area contributed by atoms with Crippen molar-refractivity contribution in [2.45, 2.75) is 72.1 Å². The van der Waals surface area contributed by atoms with Crippen LogP contribution in [0.2, 0.25) is 0 Å². The Labute approximate surface area is 394 Å². The van der Waals surface area contributed by atoms with Crippen molar-refractivity contribution in [3.8, 4) is 78.6 Å². The van der Waals surface area contributed by atoms with E-state index in [1.807, 2.05) is 62.5 Å². The van der Waals surface area contributed by atoms with Crippen molar-refractivity contribution >= 4 is 11.0 Å². The fourth-order valence-electron chi connectivity index (χ4n) is 8.38. The summed E-state index contributed by atoms with van der Waals surface area (Å²) in [5, 5.41) is 11.5. The summed E-state index contributed by atoms with van der Waals surface area (Å²) in [6, 6.07) is 60.5. The van der Waals surface area contributed by atoms with E-state index < -0.39 is 5.89 Å². The largest absolute Gasteiger partial charge is 0.507 e. The van der Waals surface area contributed by atoms with Crippen LogP contribution in [0.25, 0.3) is 83.9 Å². The first kappa shape index (κ1) is 42.9. The van der Waals surface area contributed by atoms with Crippen LogP contribution in [0.3, 0.4) is 0 Å². The number of nitrogens with zero attached hydrogens (tertiary/aromatic N) is 3. The SMILES string of the molecule is [2H]C(C)(C)c1ccc(-c2ccnc(-c3[c-]c(-c4cccc5c4nc(-c4ccccc4O)n5-c4cc(C(C)(C)C)ccc4-c4ccc(C(C)(C)C)cc4)cc(-c4ccccc4)c3)c2)cc1.[Pt]. The van der Waals surface area contributed by atoms with Gasteiger partial charge in [0.25, 0.3) is 0 Å². The van der Waals surface area contributed by atoms with Crippen molar-refractivity contribution in [2.24, 2.45) is 0 Å². The Morgan fingerprint density at radius 2 is 1.19 bits per heavy atom. The third kappa shape index (κ3) is 8.77. The number of benzene rings is 7. The summed E-state index contributed by atoms with van der Waals surface area (Å²) >= 11 is 0. The van der Waals surface area contributed by atoms with E-state index in [1.54, 1.807) is 6.07 Å². The number of para-hydroxylation sites is 2. The molecule has 0 unspecified atom stereocenters. The number of phenols is 1. The number of aromatic nitrogens is 3. The van der Waals surface area contributed by atoms with Gasteiger partial charge in [-0.3, -0.25) is 9.55 Å². The number of pyridine rings is 1. The molecule has 5 heteroatoms. The molecule has 0 aliphatic carbocycles. The molecule has 0 aliphatic heterocycles. The van der Waals surface area contributed by atoms with Crippen LogP contribution in [0.1, 0.15) is 79.3 Å². The Morgan fingerprint density at radius 1 is 0.562 bits per heavy atom. The van der Waals surface area contributed by atoms with Crippen LogP contribution in [-0.2, 0) is 31.9 Å². The molecule has 1 N–H and O–H groups in total. The molecule has 0 fully saturated rings. The number of aromatic hydroxyl groups is 1. The van der Waals surface area contributed by atoms with E-state index in [4.69, 9.17) is 11.3 Å². The van der Waals surface area contributed by atoms with Crippen molar-refractivity contribution in [1.82, 2.24) is 14.5 Å². The second-order valence-corrected chi connectivity index (χ2v) is 18.8. The van der Waals surface area contributed by atoms with Gasteiger partial charge in [0.15, 0.2) is 0 Å². The molecule has 0 bridgehead atoms. The predicted molar refractivity (Wildman–Crippen MR) is 263 cm³/mol. The summed E-state index contributed by atoms with van der Waals surface area (Å²) in [6.07, 6.45) is 1.86. The van der Waals surface area contributed by atoms with Crippen molar-refractivity contribution in [3.05, 3.63) is 193 Å². The van der Waals surface area contributed by atoms with E-state index in [1.165, 1.54) is 11.1 Å². The molecule has 322 valence electrons. The van der Waals surface area contributed by atoms with Gasteiger partial charge in [-0.1, -0.05) is 193 Å². The fourth-order valence-corrected chi connectivity index (χ4v) is 8.38. The van der Waals surface area contributed by atoms with Crippen LogP contribution >= 0.6 is 0 Å². The molecule has 2 aromatic heterocycles. The molecule has 0 saturated carbocycles. The molecular formula is C59H54N3OPt-. The summed E-state index contributed by atoms with van der Waals surface area (Å²) in [6.45, 7) is 17.3. The van der Waals surface area contributed by atoms with Gasteiger partial charge < -0.3 is 5.11 Å². The number of rotatable bonds is 8. The van der Waals surface area contributed by atoms with E-state index >= 15 is 0 Å². The Morgan fingerprint density at radius 3 is 1.88 bits per heavy atom. The molecule has 0 atom stereocenters. The van der Waals surface area contributed by atoms with Crippen molar-refractivity contribution in [3.63, 3.8) is 0 Å². The maximum Gasteiger partial charge on any atom is 0.148 e. The van der Waals surface area contributed by atoms with Gasteiger partial charge in [0.1, 0.15) is 11.6 Å². The van der Waals surface area contributed by atoms with Gasteiger partial charge in [0.2, 0.25) is 0 Å². The van der Waals surface area contributed by atoms with Gasteiger partial charge in [-0.15, -0.1) is 23.8 Å². The second kappa shape index (κ2) is 17.7. The van der Waals surface area contributed by atoms with Gasteiger partial charge in [0.05, 0.1) is 22.3 Å². The number of phenolic OH excluding ortho intramolecular Hbond substituents is 1. The summed E-state index contributed by atoms with van der Waals surface area (Å²) < 4.78 is 10.7. The summed E-state index contributed by atoms with van der Waals surface area (Å²) in [5.41, 5.74) is 16.5. The normalized spacial score (nSPS) is 12.2. The minimum atomic E-state index is -0.677. The average Bonchev–Trinajstić information content (AvgIpc) is 3.68. The Balaban J connectivity index is 0.00000576. The molecule has 0 amide bonds. The first-order valence-corrected chi connectivity index (χ1v) is 21.8. The Bertz CT molecular complexity index is 3150. The van der Waals surface area contributed by atoms with E-state index in [-0.39, 0.29) is 37.6 Å². The molecule has 4 nitrogen and oxygen atoms in total. The number of hydrogen-bond donors (Lipinski definition) is 1. The van der Waals surface area contributed by atoms with Gasteiger partial charge in [-0.2, -0.15) is 0 Å². The van der Waals surface area contributed by atoms with Crippen molar-refractivity contribution in [1.29, 1.82) is 0 Å². The standard InChI is InChI=1S/C59H54N3O.Pt/c1-38(2)39-21-23-41(24-22-39)43-31-32-60-52(36-43)46-34-44(40-15-10-9-11-16-40)33-45(35-46)50-18-14-19-53-56(50)61-57(51-17-12-13-20-55(51)63)62(53)54-37-48(59(6,7)8)29-30-49(54)42-25-27-47(28-26-42)58(3,4)5;/h9-34,36-38,63H,1-8H3;/q-1;/i38D;. The average molecular weight is 1020 g/mol. The molecule has 0 radical (unpaired) electrons. The Kier molecular flexibility index (Phi) is 11.8. The molecule has 9 aromatic rings. The zero-order valence-corrected chi connectivity index (χ0v) is 40.0.